The van der Waals surface area contributed by atoms with Crippen LogP contribution in [0.4, 0.5) is 0 Å². The van der Waals surface area contributed by atoms with Crippen molar-refractivity contribution in [1.82, 2.24) is 15.4 Å². The van der Waals surface area contributed by atoms with Crippen molar-refractivity contribution in [1.29, 1.82) is 0 Å². The number of rotatable bonds is 6. The molecular weight excluding hydrogens is 294 g/mol. The number of aromatic nitrogens is 1. The Morgan fingerprint density at radius 1 is 1.30 bits per heavy atom. The molecule has 2 amide bonds. The Labute approximate surface area is 137 Å². The van der Waals surface area contributed by atoms with Gasteiger partial charge in [0.25, 0.3) is 11.8 Å². The predicted octanol–water partition coefficient (Wildman–Crippen LogP) is 2.17. The quantitative estimate of drug-likeness (QED) is 0.816. The minimum absolute atomic E-state index is 0.222. The molecule has 6 heteroatoms. The molecule has 126 valence electrons. The number of nitrogens with one attached hydrogen (secondary N) is 1. The van der Waals surface area contributed by atoms with Crippen LogP contribution in [0.5, 0.6) is 0 Å². The van der Waals surface area contributed by atoms with E-state index in [1.807, 2.05) is 0 Å². The van der Waals surface area contributed by atoms with Crippen molar-refractivity contribution in [2.75, 3.05) is 14.2 Å². The summed E-state index contributed by atoms with van der Waals surface area (Å²) in [4.78, 5) is 33.7. The molecule has 1 N–H and O–H groups in total. The van der Waals surface area contributed by atoms with E-state index in [4.69, 9.17) is 4.84 Å². The zero-order valence-corrected chi connectivity index (χ0v) is 13.8. The summed E-state index contributed by atoms with van der Waals surface area (Å²) in [7, 11) is 3.01. The third-order valence-electron chi connectivity index (χ3n) is 4.42. The van der Waals surface area contributed by atoms with Gasteiger partial charge in [0, 0.05) is 25.0 Å². The van der Waals surface area contributed by atoms with Crippen LogP contribution in [0.1, 0.15) is 48.9 Å². The molecule has 1 aliphatic carbocycles. The summed E-state index contributed by atoms with van der Waals surface area (Å²) in [5.74, 6) is -0.00719. The van der Waals surface area contributed by atoms with Crippen LogP contribution in [0.3, 0.4) is 0 Å². The van der Waals surface area contributed by atoms with Gasteiger partial charge in [-0.2, -0.15) is 0 Å². The van der Waals surface area contributed by atoms with Crippen LogP contribution < -0.4 is 5.32 Å². The third-order valence-corrected chi connectivity index (χ3v) is 4.42. The Kier molecular flexibility index (Phi) is 6.52. The molecule has 1 unspecified atom stereocenters. The first-order chi connectivity index (χ1) is 11.1. The molecule has 1 aromatic rings. The van der Waals surface area contributed by atoms with E-state index in [0.717, 1.165) is 12.8 Å². The maximum atomic E-state index is 12.5. The SMILES string of the molecule is CON(C)C(=O)C(CC1CCCCC1)NC(=O)c1ccncc1. The molecule has 1 saturated carbocycles. The largest absolute Gasteiger partial charge is 0.340 e. The first kappa shape index (κ1) is 17.4. The van der Waals surface area contributed by atoms with E-state index in [-0.39, 0.29) is 11.8 Å². The Morgan fingerprint density at radius 3 is 2.57 bits per heavy atom. The first-order valence-electron chi connectivity index (χ1n) is 8.14. The Morgan fingerprint density at radius 2 is 1.96 bits per heavy atom. The van der Waals surface area contributed by atoms with Crippen LogP contribution >= 0.6 is 0 Å². The summed E-state index contributed by atoms with van der Waals surface area (Å²) in [5.41, 5.74) is 0.501. The van der Waals surface area contributed by atoms with Crippen molar-refractivity contribution in [2.24, 2.45) is 5.92 Å². The molecule has 6 nitrogen and oxygen atoms in total. The van der Waals surface area contributed by atoms with Crippen molar-refractivity contribution in [3.05, 3.63) is 30.1 Å². The minimum Gasteiger partial charge on any atom is -0.340 e. The van der Waals surface area contributed by atoms with Crippen LogP contribution in [-0.2, 0) is 9.63 Å². The standard InChI is InChI=1S/C17H25N3O3/c1-20(23-2)17(22)15(12-13-6-4-3-5-7-13)19-16(21)14-8-10-18-11-9-14/h8-11,13,15H,3-7,12H2,1-2H3,(H,19,21). The molecule has 1 heterocycles. The second-order valence-corrected chi connectivity index (χ2v) is 6.02. The van der Waals surface area contributed by atoms with Gasteiger partial charge in [-0.05, 0) is 24.5 Å². The Hall–Kier alpha value is -1.95. The lowest BCUT2D eigenvalue weighted by molar-refractivity contribution is -0.171. The van der Waals surface area contributed by atoms with Crippen molar-refractivity contribution in [2.45, 2.75) is 44.6 Å². The van der Waals surface area contributed by atoms with Gasteiger partial charge in [0.1, 0.15) is 6.04 Å². The van der Waals surface area contributed by atoms with E-state index < -0.39 is 6.04 Å². The van der Waals surface area contributed by atoms with Gasteiger partial charge < -0.3 is 5.32 Å². The summed E-state index contributed by atoms with van der Waals surface area (Å²) in [6, 6.07) is 2.71. The van der Waals surface area contributed by atoms with E-state index in [1.54, 1.807) is 31.6 Å². The maximum absolute atomic E-state index is 12.5. The van der Waals surface area contributed by atoms with Crippen molar-refractivity contribution < 1.29 is 14.4 Å². The smallest absolute Gasteiger partial charge is 0.268 e. The summed E-state index contributed by atoms with van der Waals surface area (Å²) >= 11 is 0. The van der Waals surface area contributed by atoms with Gasteiger partial charge >= 0.3 is 0 Å². The fourth-order valence-corrected chi connectivity index (χ4v) is 3.03. The van der Waals surface area contributed by atoms with Crippen LogP contribution in [0.25, 0.3) is 0 Å². The minimum atomic E-state index is -0.566. The molecule has 23 heavy (non-hydrogen) atoms. The molecule has 1 aromatic heterocycles. The van der Waals surface area contributed by atoms with E-state index in [9.17, 15) is 9.59 Å². The van der Waals surface area contributed by atoms with Crippen LogP contribution in [-0.4, -0.2) is 42.1 Å². The lowest BCUT2D eigenvalue weighted by Crippen LogP contribution is -2.48. The van der Waals surface area contributed by atoms with Gasteiger partial charge in [-0.3, -0.25) is 19.4 Å². The van der Waals surface area contributed by atoms with Crippen LogP contribution in [0, 0.1) is 5.92 Å². The van der Waals surface area contributed by atoms with E-state index >= 15 is 0 Å². The second-order valence-electron chi connectivity index (χ2n) is 6.02. The lowest BCUT2D eigenvalue weighted by Gasteiger charge is -2.28. The normalized spacial score (nSPS) is 16.6. The first-order valence-corrected chi connectivity index (χ1v) is 8.14. The Balaban J connectivity index is 2.05. The molecule has 0 spiro atoms. The molecule has 0 bridgehead atoms. The van der Waals surface area contributed by atoms with E-state index in [2.05, 4.69) is 10.3 Å². The number of hydrogen-bond donors (Lipinski definition) is 1. The fraction of sp³-hybridized carbons (Fsp3) is 0.588. The summed E-state index contributed by atoms with van der Waals surface area (Å²) in [6.45, 7) is 0. The number of amides is 2. The van der Waals surface area contributed by atoms with Crippen LogP contribution in [0.2, 0.25) is 0 Å². The molecule has 0 radical (unpaired) electrons. The van der Waals surface area contributed by atoms with Gasteiger partial charge in [-0.25, -0.2) is 5.06 Å². The van der Waals surface area contributed by atoms with E-state index in [1.165, 1.54) is 31.4 Å². The highest BCUT2D eigenvalue weighted by Crippen LogP contribution is 2.27. The number of pyridine rings is 1. The van der Waals surface area contributed by atoms with E-state index in [0.29, 0.717) is 17.9 Å². The van der Waals surface area contributed by atoms with Crippen LogP contribution in [0.15, 0.2) is 24.5 Å². The monoisotopic (exact) mass is 319 g/mol. The van der Waals surface area contributed by atoms with Gasteiger partial charge in [0.05, 0.1) is 7.11 Å². The molecule has 0 aliphatic heterocycles. The number of likely N-dealkylation sites (N-methyl/N-ethyl adjacent to an activating group) is 1. The molecule has 1 atom stereocenters. The number of hydroxylamine groups is 2. The van der Waals surface area contributed by atoms with Crippen molar-refractivity contribution >= 4 is 11.8 Å². The molecule has 1 fully saturated rings. The van der Waals surface area contributed by atoms with Gasteiger partial charge in [-0.1, -0.05) is 32.1 Å². The van der Waals surface area contributed by atoms with Gasteiger partial charge in [0.2, 0.25) is 0 Å². The van der Waals surface area contributed by atoms with Crippen molar-refractivity contribution in [3.8, 4) is 0 Å². The fourth-order valence-electron chi connectivity index (χ4n) is 3.03. The highest BCUT2D eigenvalue weighted by atomic mass is 16.7. The lowest BCUT2D eigenvalue weighted by atomic mass is 9.84. The molecule has 2 rings (SSSR count). The summed E-state index contributed by atoms with van der Waals surface area (Å²) in [6.07, 6.45) is 9.67. The average Bonchev–Trinajstić information content (AvgIpc) is 2.61. The maximum Gasteiger partial charge on any atom is 0.268 e. The second kappa shape index (κ2) is 8.62. The summed E-state index contributed by atoms with van der Waals surface area (Å²) in [5, 5.41) is 4.04. The number of carbonyl (C=O) groups excluding carboxylic acids is 2. The third kappa shape index (κ3) is 5.03. The molecule has 1 aliphatic rings. The number of nitrogens with zero attached hydrogens (tertiary/aromatic N) is 2. The molecular formula is C17H25N3O3. The summed E-state index contributed by atoms with van der Waals surface area (Å²) < 4.78 is 0. The van der Waals surface area contributed by atoms with Gasteiger partial charge in [0.15, 0.2) is 0 Å². The number of carbonyl (C=O) groups is 2. The Bertz CT molecular complexity index is 515. The van der Waals surface area contributed by atoms with Crippen molar-refractivity contribution in [3.63, 3.8) is 0 Å². The molecule has 0 saturated heterocycles. The van der Waals surface area contributed by atoms with Gasteiger partial charge in [-0.15, -0.1) is 0 Å². The zero-order chi connectivity index (χ0) is 16.7. The average molecular weight is 319 g/mol. The highest BCUT2D eigenvalue weighted by Gasteiger charge is 2.28. The zero-order valence-electron chi connectivity index (χ0n) is 13.8. The predicted molar refractivity (Wildman–Crippen MR) is 86.5 cm³/mol. The highest BCUT2D eigenvalue weighted by molar-refractivity contribution is 5.97. The molecule has 0 aromatic carbocycles. The topological polar surface area (TPSA) is 71.5 Å². The number of hydrogen-bond acceptors (Lipinski definition) is 4.